The number of nitrogens with zero attached hydrogens (tertiary/aromatic N) is 2. The number of amides is 1. The minimum atomic E-state index is 0.0479. The van der Waals surface area contributed by atoms with E-state index in [1.54, 1.807) is 17.1 Å². The molecule has 4 heteroatoms. The maximum absolute atomic E-state index is 12.0. The fourth-order valence-electron chi connectivity index (χ4n) is 1.61. The number of aliphatic hydroxyl groups excluding tert-OH is 1. The molecule has 0 bridgehead atoms. The van der Waals surface area contributed by atoms with Gasteiger partial charge in [0.15, 0.2) is 0 Å². The molecule has 0 aromatic heterocycles. The third kappa shape index (κ3) is 6.92. The number of hydrogen-bond acceptors (Lipinski definition) is 3. The number of rotatable bonds is 10. The average Bonchev–Trinajstić information content (AvgIpc) is 2.29. The lowest BCUT2D eigenvalue weighted by atomic mass is 10.3. The molecule has 98 valence electrons. The van der Waals surface area contributed by atoms with Crippen LogP contribution >= 0.6 is 0 Å². The second kappa shape index (κ2) is 10.1. The van der Waals surface area contributed by atoms with Crippen LogP contribution in [0.4, 0.5) is 0 Å². The highest BCUT2D eigenvalue weighted by Gasteiger charge is 2.14. The molecule has 4 nitrogen and oxygen atoms in total. The smallest absolute Gasteiger partial charge is 0.237 e. The van der Waals surface area contributed by atoms with Crippen molar-refractivity contribution in [3.63, 3.8) is 0 Å². The minimum absolute atomic E-state index is 0.0479. The van der Waals surface area contributed by atoms with Gasteiger partial charge in [-0.3, -0.25) is 9.69 Å². The molecule has 17 heavy (non-hydrogen) atoms. The van der Waals surface area contributed by atoms with Crippen molar-refractivity contribution < 1.29 is 9.90 Å². The Labute approximate surface area is 104 Å². The molecule has 0 aliphatic rings. The van der Waals surface area contributed by atoms with Crippen LogP contribution in [0.1, 0.15) is 13.3 Å². The van der Waals surface area contributed by atoms with Crippen LogP contribution in [-0.2, 0) is 4.79 Å². The molecule has 0 aliphatic carbocycles. The summed E-state index contributed by atoms with van der Waals surface area (Å²) in [7, 11) is 0. The van der Waals surface area contributed by atoms with E-state index in [0.29, 0.717) is 26.2 Å². The Morgan fingerprint density at radius 3 is 2.24 bits per heavy atom. The molecule has 0 spiro atoms. The van der Waals surface area contributed by atoms with Crippen molar-refractivity contribution in [1.82, 2.24) is 9.80 Å². The Morgan fingerprint density at radius 2 is 1.82 bits per heavy atom. The van der Waals surface area contributed by atoms with E-state index in [1.807, 2.05) is 4.90 Å². The average molecular weight is 240 g/mol. The highest BCUT2D eigenvalue weighted by molar-refractivity contribution is 5.78. The fraction of sp³-hybridized carbons (Fsp3) is 0.615. The van der Waals surface area contributed by atoms with Gasteiger partial charge in [0.1, 0.15) is 0 Å². The molecule has 1 amide bonds. The zero-order valence-corrected chi connectivity index (χ0v) is 10.8. The molecule has 0 rings (SSSR count). The monoisotopic (exact) mass is 240 g/mol. The van der Waals surface area contributed by atoms with E-state index in [0.717, 1.165) is 13.0 Å². The van der Waals surface area contributed by atoms with Gasteiger partial charge in [0.25, 0.3) is 0 Å². The molecule has 0 saturated carbocycles. The Bertz CT molecular complexity index is 226. The normalized spacial score (nSPS) is 10.3. The molecule has 0 unspecified atom stereocenters. The molecule has 0 heterocycles. The second-order valence-corrected chi connectivity index (χ2v) is 3.88. The minimum Gasteiger partial charge on any atom is -0.395 e. The summed E-state index contributed by atoms with van der Waals surface area (Å²) < 4.78 is 0. The van der Waals surface area contributed by atoms with E-state index in [-0.39, 0.29) is 12.5 Å². The van der Waals surface area contributed by atoms with Gasteiger partial charge in [-0.25, -0.2) is 0 Å². The van der Waals surface area contributed by atoms with E-state index >= 15 is 0 Å². The number of carbonyl (C=O) groups excluding carboxylic acids is 1. The highest BCUT2D eigenvalue weighted by atomic mass is 16.3. The first-order chi connectivity index (χ1) is 8.19. The van der Waals surface area contributed by atoms with Crippen LogP contribution in [0.5, 0.6) is 0 Å². The van der Waals surface area contributed by atoms with Gasteiger partial charge < -0.3 is 10.0 Å². The summed E-state index contributed by atoms with van der Waals surface area (Å²) in [6.07, 6.45) is 4.38. The molecule has 0 saturated heterocycles. The summed E-state index contributed by atoms with van der Waals surface area (Å²) in [5.41, 5.74) is 0. The quantitative estimate of drug-likeness (QED) is 0.577. The first-order valence-corrected chi connectivity index (χ1v) is 6.02. The highest BCUT2D eigenvalue weighted by Crippen LogP contribution is 1.97. The lowest BCUT2D eigenvalue weighted by Gasteiger charge is -2.25. The Morgan fingerprint density at radius 1 is 1.24 bits per heavy atom. The summed E-state index contributed by atoms with van der Waals surface area (Å²) in [6, 6.07) is 0. The van der Waals surface area contributed by atoms with Crippen LogP contribution in [0.25, 0.3) is 0 Å². The van der Waals surface area contributed by atoms with E-state index in [4.69, 9.17) is 5.11 Å². The van der Waals surface area contributed by atoms with Gasteiger partial charge in [-0.1, -0.05) is 19.1 Å². The van der Waals surface area contributed by atoms with Gasteiger partial charge in [-0.05, 0) is 13.0 Å². The third-order valence-corrected chi connectivity index (χ3v) is 2.37. The standard InChI is InChI=1S/C13H24N2O2/c1-4-7-14(10-11-16)12-13(17)15(8-5-2)9-6-3/h5-6,16H,2-4,7-12H2,1H3. The largest absolute Gasteiger partial charge is 0.395 e. The Kier molecular flexibility index (Phi) is 9.38. The number of aliphatic hydroxyl groups is 1. The summed E-state index contributed by atoms with van der Waals surface area (Å²) in [4.78, 5) is 15.6. The van der Waals surface area contributed by atoms with Crippen LogP contribution in [0, 0.1) is 0 Å². The van der Waals surface area contributed by atoms with Gasteiger partial charge in [0.05, 0.1) is 13.2 Å². The van der Waals surface area contributed by atoms with Crippen molar-refractivity contribution in [1.29, 1.82) is 0 Å². The van der Waals surface area contributed by atoms with E-state index in [1.165, 1.54) is 0 Å². The molecule has 0 aromatic carbocycles. The van der Waals surface area contributed by atoms with Gasteiger partial charge in [-0.15, -0.1) is 13.2 Å². The van der Waals surface area contributed by atoms with Gasteiger partial charge >= 0.3 is 0 Å². The van der Waals surface area contributed by atoms with Gasteiger partial charge in [0.2, 0.25) is 5.91 Å². The van der Waals surface area contributed by atoms with Crippen molar-refractivity contribution in [3.8, 4) is 0 Å². The molecule has 0 fully saturated rings. The first kappa shape index (κ1) is 15.9. The first-order valence-electron chi connectivity index (χ1n) is 6.02. The maximum Gasteiger partial charge on any atom is 0.237 e. The topological polar surface area (TPSA) is 43.8 Å². The SMILES string of the molecule is C=CCN(CC=C)C(=O)CN(CCC)CCO. The second-order valence-electron chi connectivity index (χ2n) is 3.88. The zero-order valence-electron chi connectivity index (χ0n) is 10.8. The number of hydrogen-bond donors (Lipinski definition) is 1. The molecule has 0 atom stereocenters. The predicted molar refractivity (Wildman–Crippen MR) is 70.8 cm³/mol. The van der Waals surface area contributed by atoms with Crippen LogP contribution in [0.3, 0.4) is 0 Å². The molecule has 0 aromatic rings. The maximum atomic E-state index is 12.0. The predicted octanol–water partition coefficient (Wildman–Crippen LogP) is 0.891. The summed E-state index contributed by atoms with van der Waals surface area (Å²) in [6.45, 7) is 12.2. The van der Waals surface area contributed by atoms with Crippen LogP contribution in [-0.4, -0.2) is 60.1 Å². The molecule has 1 N–H and O–H groups in total. The van der Waals surface area contributed by atoms with Crippen LogP contribution in [0.2, 0.25) is 0 Å². The van der Waals surface area contributed by atoms with Crippen LogP contribution in [0.15, 0.2) is 25.3 Å². The summed E-state index contributed by atoms with van der Waals surface area (Å²) >= 11 is 0. The lowest BCUT2D eigenvalue weighted by molar-refractivity contribution is -0.131. The lowest BCUT2D eigenvalue weighted by Crippen LogP contribution is -2.41. The molecule has 0 radical (unpaired) electrons. The van der Waals surface area contributed by atoms with E-state index < -0.39 is 0 Å². The van der Waals surface area contributed by atoms with Crippen molar-refractivity contribution in [2.75, 3.05) is 39.3 Å². The van der Waals surface area contributed by atoms with Crippen molar-refractivity contribution >= 4 is 5.91 Å². The summed E-state index contributed by atoms with van der Waals surface area (Å²) in [5, 5.41) is 8.92. The molecular formula is C13H24N2O2. The van der Waals surface area contributed by atoms with Gasteiger partial charge in [0, 0.05) is 19.6 Å². The van der Waals surface area contributed by atoms with Crippen molar-refractivity contribution in [2.45, 2.75) is 13.3 Å². The third-order valence-electron chi connectivity index (χ3n) is 2.37. The molecule has 0 aliphatic heterocycles. The van der Waals surface area contributed by atoms with E-state index in [2.05, 4.69) is 20.1 Å². The van der Waals surface area contributed by atoms with Gasteiger partial charge in [-0.2, -0.15) is 0 Å². The fourth-order valence-corrected chi connectivity index (χ4v) is 1.61. The Balaban J connectivity index is 4.31. The van der Waals surface area contributed by atoms with Crippen LogP contribution < -0.4 is 0 Å². The summed E-state index contributed by atoms with van der Waals surface area (Å²) in [5.74, 6) is 0.0479. The number of carbonyl (C=O) groups is 1. The van der Waals surface area contributed by atoms with E-state index in [9.17, 15) is 4.79 Å². The van der Waals surface area contributed by atoms with Crippen molar-refractivity contribution in [2.24, 2.45) is 0 Å². The molecular weight excluding hydrogens is 216 g/mol. The Hall–Kier alpha value is -1.13. The zero-order chi connectivity index (χ0) is 13.1. The van der Waals surface area contributed by atoms with Crippen molar-refractivity contribution in [3.05, 3.63) is 25.3 Å².